The first kappa shape index (κ1) is 117. The minimum Gasteiger partial charge on any atom is -0.497 e. The van der Waals surface area contributed by atoms with E-state index in [1.807, 2.05) is 12.1 Å². The van der Waals surface area contributed by atoms with Gasteiger partial charge in [0.15, 0.2) is 61.8 Å². The van der Waals surface area contributed by atoms with Gasteiger partial charge in [0.05, 0.1) is 124 Å². The topological polar surface area (TPSA) is 814 Å². The molecular weight excluding hydrogens is 1990 g/mol. The van der Waals surface area contributed by atoms with Crippen molar-refractivity contribution in [2.24, 2.45) is 11.7 Å². The highest BCUT2D eigenvalue weighted by molar-refractivity contribution is 6.07. The Hall–Kier alpha value is -8.18. The molecule has 0 radical (unpaired) electrons. The number of hydrogen-bond acceptors (Lipinski definition) is 50. The average molecular weight is 2120 g/mol. The van der Waals surface area contributed by atoms with Crippen molar-refractivity contribution >= 4 is 52.6 Å². The maximum Gasteiger partial charge on any atom is 0.416 e. The van der Waals surface area contributed by atoms with Crippen LogP contribution < -0.4 is 51.4 Å². The second kappa shape index (κ2) is 53.6. The van der Waals surface area contributed by atoms with E-state index in [0.717, 1.165) is 16.0 Å². The molecule has 0 saturated carbocycles. The molecule has 148 heavy (non-hydrogen) atoms. The number of anilines is 2. The molecule has 832 valence electrons. The lowest BCUT2D eigenvalue weighted by molar-refractivity contribution is -0.396. The third-order valence-electron chi connectivity index (χ3n) is 26.9. The quantitative estimate of drug-likeness (QED) is 0.0240. The molecule has 3 aromatic rings. The molecule has 21 fully saturated rings. The van der Waals surface area contributed by atoms with Crippen LogP contribution in [-0.2, 0) is 111 Å². The summed E-state index contributed by atoms with van der Waals surface area (Å²) < 4.78 is 121. The van der Waals surface area contributed by atoms with Gasteiger partial charge in [0, 0.05) is 44.0 Å². The van der Waals surface area contributed by atoms with E-state index in [1.54, 1.807) is 44.3 Å². The van der Waals surface area contributed by atoms with Crippen molar-refractivity contribution < 1.29 is 235 Å². The van der Waals surface area contributed by atoms with Crippen molar-refractivity contribution in [3.8, 4) is 17.2 Å². The smallest absolute Gasteiger partial charge is 0.416 e. The van der Waals surface area contributed by atoms with Crippen molar-refractivity contribution in [3.63, 3.8) is 0 Å². The molecule has 26 rings (SSSR count). The van der Waals surface area contributed by atoms with E-state index in [9.17, 15) is 136 Å². The molecule has 28 N–H and O–H groups in total. The zero-order valence-corrected chi connectivity index (χ0v) is 81.3. The molecule has 14 bridgehead atoms. The van der Waals surface area contributed by atoms with E-state index in [1.165, 1.54) is 57.4 Å². The third-order valence-corrected chi connectivity index (χ3v) is 26.9. The minimum atomic E-state index is -2.27. The molecule has 40 atom stereocenters. The fourth-order valence-electron chi connectivity index (χ4n) is 18.5. The van der Waals surface area contributed by atoms with E-state index in [0.29, 0.717) is 17.0 Å². The van der Waals surface area contributed by atoms with Gasteiger partial charge in [-0.15, -0.1) is 0 Å². The normalized spacial score (nSPS) is 36.8. The van der Waals surface area contributed by atoms with E-state index < -0.39 is 333 Å². The lowest BCUT2D eigenvalue weighted by atomic mass is 9.95. The van der Waals surface area contributed by atoms with Crippen LogP contribution in [0.15, 0.2) is 66.9 Å². The Bertz CT molecular complexity index is 4770. The van der Waals surface area contributed by atoms with Gasteiger partial charge in [-0.3, -0.25) is 24.0 Å². The molecular formula is C92H136N8O48. The lowest BCUT2D eigenvalue weighted by Crippen LogP contribution is -2.68. The number of aliphatic hydroxyl groups is 21. The number of nitrogens with two attached hydrogens (primary N) is 1. The molecule has 0 aliphatic carbocycles. The largest absolute Gasteiger partial charge is 0.497 e. The summed E-state index contributed by atoms with van der Waals surface area (Å²) in [5.74, 6) is -2.48. The van der Waals surface area contributed by atoms with Gasteiger partial charge in [-0.25, -0.2) is 9.69 Å². The number of carbonyl (C=O) groups is 6. The van der Waals surface area contributed by atoms with E-state index in [-0.39, 0.29) is 101 Å². The van der Waals surface area contributed by atoms with E-state index in [4.69, 9.17) is 105 Å². The summed E-state index contributed by atoms with van der Waals surface area (Å²) in [5, 5.41) is 252. The third kappa shape index (κ3) is 27.1. The Kier molecular flexibility index (Phi) is 42.3. The van der Waals surface area contributed by atoms with Gasteiger partial charge in [-0.05, 0) is 72.7 Å². The fourth-order valence-corrected chi connectivity index (χ4v) is 18.5. The molecule has 3 aromatic carbocycles. The van der Waals surface area contributed by atoms with Crippen LogP contribution in [0.1, 0.15) is 61.5 Å². The predicted molar refractivity (Wildman–Crippen MR) is 490 cm³/mol. The first-order chi connectivity index (χ1) is 70.8. The number of methoxy groups -OCH3 is 3. The molecule has 23 aliphatic rings. The van der Waals surface area contributed by atoms with Crippen molar-refractivity contribution in [2.75, 3.05) is 130 Å². The number of nitrogens with zero attached hydrogens (tertiary/aromatic N) is 2. The van der Waals surface area contributed by atoms with Gasteiger partial charge >= 0.3 is 6.09 Å². The Labute approximate surface area is 845 Å². The fraction of sp³-hybridized carbons (Fsp3) is 0.717. The summed E-state index contributed by atoms with van der Waals surface area (Å²) in [6, 6.07) is 11.9. The molecule has 56 heteroatoms. The summed E-state index contributed by atoms with van der Waals surface area (Å²) in [4.78, 5) is 84.2. The maximum atomic E-state index is 14.3. The lowest BCUT2D eigenvalue weighted by Gasteiger charge is -2.50. The summed E-state index contributed by atoms with van der Waals surface area (Å²) in [6.45, 7) is -2.30. The number of nitrogens with one attached hydrogen (secondary N) is 5. The average Bonchev–Trinajstić information content (AvgIpc) is 1.57. The van der Waals surface area contributed by atoms with Crippen LogP contribution in [0.4, 0.5) is 16.2 Å². The summed E-state index contributed by atoms with van der Waals surface area (Å²) >= 11 is 0. The van der Waals surface area contributed by atoms with Gasteiger partial charge in [0.25, 0.3) is 5.91 Å². The number of rotatable bonds is 36. The molecule has 0 aromatic heterocycles. The number of benzene rings is 3. The highest BCUT2D eigenvalue weighted by Gasteiger charge is 2.61. The van der Waals surface area contributed by atoms with Crippen LogP contribution >= 0.6 is 0 Å². The summed E-state index contributed by atoms with van der Waals surface area (Å²) in [5.41, 5.74) is 8.45. The van der Waals surface area contributed by atoms with Crippen LogP contribution in [0.2, 0.25) is 0 Å². The number of aliphatic hydroxyl groups excluding tert-OH is 21. The summed E-state index contributed by atoms with van der Waals surface area (Å²) in [6.07, 6.45) is -72.9. The highest BCUT2D eigenvalue weighted by Crippen LogP contribution is 2.46. The van der Waals surface area contributed by atoms with Gasteiger partial charge in [-0.1, -0.05) is 38.1 Å². The van der Waals surface area contributed by atoms with Crippen LogP contribution in [0.3, 0.4) is 0 Å². The number of hydrogen-bond donors (Lipinski definition) is 27. The zero-order valence-electron chi connectivity index (χ0n) is 81.3. The van der Waals surface area contributed by atoms with E-state index in [2.05, 4.69) is 26.6 Å². The van der Waals surface area contributed by atoms with Crippen molar-refractivity contribution in [1.29, 1.82) is 0 Å². The van der Waals surface area contributed by atoms with Crippen LogP contribution in [-0.4, -0.2) is 513 Å². The van der Waals surface area contributed by atoms with Crippen LogP contribution in [0.5, 0.6) is 17.2 Å². The Morgan fingerprint density at radius 1 is 0.439 bits per heavy atom. The van der Waals surface area contributed by atoms with Crippen LogP contribution in [0.25, 0.3) is 5.57 Å². The number of fused-ring (bicyclic) bond motifs is 2. The van der Waals surface area contributed by atoms with E-state index >= 15 is 0 Å². The monoisotopic (exact) mass is 2120 g/mol. The second-order valence-corrected chi connectivity index (χ2v) is 37.1. The van der Waals surface area contributed by atoms with Gasteiger partial charge < -0.3 is 244 Å². The van der Waals surface area contributed by atoms with Crippen molar-refractivity contribution in [3.05, 3.63) is 83.6 Å². The molecule has 23 aliphatic heterocycles. The van der Waals surface area contributed by atoms with Crippen molar-refractivity contribution in [1.82, 2.24) is 26.2 Å². The first-order valence-corrected chi connectivity index (χ1v) is 48.2. The number of ether oxygens (including phenoxy) is 21. The molecule has 6 amide bonds. The Balaban J connectivity index is 0.549. The van der Waals surface area contributed by atoms with Gasteiger partial charge in [-0.2, -0.15) is 0 Å². The number of carbonyl (C=O) groups excluding carboxylic acids is 6. The standard InChI is InChI=1S/C92H136N8O48/c1-37(2)58(82(124)96-38(3)80(122)97-42-11-7-39(8-12-42)36-134-92(127)100-46-27-49(130-6)48(129-5)26-44(46)83(125)99-29-41(25-47(99)84(100)126)40-9-13-43(128-4)14-10-40)98-57(107)16-15-45(93)81(123)95-18-20-132-22-24-133-23-21-131-19-17-94-28-50-73-59(108)66(115)85(135-50)143-74-51(30-101)137-87(68(117)61(74)110)145-76-53(32-103)139-89(70(119)63(76)112)147-78-55(34-105)141-91(72(121)65(78)114)148-79-56(35-106)140-90(71(120)64(79)113)146-77-54(33-104)138-88(69(118)62(77)111)144-75-52(31-102)136-86(142-73)67(116)60(75)109/h7-14,26-27,29,37-38,45,47,50-56,58-79,84-91,94,101-106,108-121,126H,15-25,28,30-36,93H2,1-6H3,(H,95,123)(H,96,124)(H,97,122)(H,98,107)/t38-,45-,47-,50?,51?,52?,53?,54?,55?,56?,58-,59?,60?,61?,62?,63?,64?,65?,66?,67?,68?,69?,70?,71?,72?,73?,74?,75?,76?,77?,78?,79?,84-,85?,86?,87?,88?,89?,90?,91?/m0/s1. The Morgan fingerprint density at radius 2 is 0.818 bits per heavy atom. The molecule has 23 heterocycles. The van der Waals surface area contributed by atoms with Crippen LogP contribution in [0, 0.1) is 5.92 Å². The maximum absolute atomic E-state index is 14.3. The molecule has 0 spiro atoms. The SMILES string of the molecule is COc1ccc(C2=CN3C(=O)c4cc(OC)c(OC)cc4N(C(=O)OCc4ccc(NC(=O)[C@H](C)NC(=O)[C@@H](NC(=O)CC[C@H](N)C(=O)NCCOCCOCCOCCNCC5OC6OC7C(CO)OC(OC8C(CO)OC(OC9C(CO)OC(OC%10C(CO)OC(OC%11C(CO)OC(OC%12C(CO)OC(OC5C(O)C6O)C(O)C%12O)C(O)C%11O)C(O)C%10O)C(O)C9O)C(O)C8O)C(O)C7O)C(C)C)cc4)[C@@H](O)[C@@H]3C2)cc1. The summed E-state index contributed by atoms with van der Waals surface area (Å²) in [7, 11) is 4.31. The predicted octanol–water partition coefficient (Wildman–Crippen LogP) is -12.3. The molecule has 35 unspecified atom stereocenters. The Morgan fingerprint density at radius 3 is 1.20 bits per heavy atom. The molecule has 21 saturated heterocycles. The molecule has 56 nitrogen and oxygen atoms in total. The zero-order chi connectivity index (χ0) is 107. The first-order valence-electron chi connectivity index (χ1n) is 48.2. The minimum absolute atomic E-state index is 0.0112. The highest BCUT2D eigenvalue weighted by atomic mass is 16.8. The van der Waals surface area contributed by atoms with Crippen molar-refractivity contribution in [2.45, 2.75) is 292 Å². The number of amides is 6. The van der Waals surface area contributed by atoms with Gasteiger partial charge in [0.1, 0.15) is 195 Å². The van der Waals surface area contributed by atoms with Gasteiger partial charge in [0.2, 0.25) is 23.6 Å². The second-order valence-electron chi connectivity index (χ2n) is 37.1.